The highest BCUT2D eigenvalue weighted by Crippen LogP contribution is 2.01. The highest BCUT2D eigenvalue weighted by Gasteiger charge is 2.14. The second-order valence-corrected chi connectivity index (χ2v) is 2.66. The van der Waals surface area contributed by atoms with Gasteiger partial charge in [-0.3, -0.25) is 0 Å². The summed E-state index contributed by atoms with van der Waals surface area (Å²) < 4.78 is 4.48. The van der Waals surface area contributed by atoms with Crippen LogP contribution >= 0.6 is 12.4 Å². The zero-order valence-corrected chi connectivity index (χ0v) is 7.95. The number of nitrogens with one attached hydrogen (secondary N) is 2. The van der Waals surface area contributed by atoms with Crippen LogP contribution in [0, 0.1) is 0 Å². The summed E-state index contributed by atoms with van der Waals surface area (Å²) in [6, 6.07) is 0.295. The molecule has 72 valence electrons. The molecule has 1 heterocycles. The van der Waals surface area contributed by atoms with Gasteiger partial charge < -0.3 is 15.4 Å². The summed E-state index contributed by atoms with van der Waals surface area (Å²) in [7, 11) is 1.39. The molecule has 1 aliphatic heterocycles. The molecule has 0 bridgehead atoms. The quantitative estimate of drug-likeness (QED) is 0.640. The number of piperidine rings is 1. The van der Waals surface area contributed by atoms with Crippen LogP contribution in [0.2, 0.25) is 0 Å². The first-order valence-corrected chi connectivity index (χ1v) is 3.88. The van der Waals surface area contributed by atoms with Crippen molar-refractivity contribution in [1.82, 2.24) is 10.6 Å². The Morgan fingerprint density at radius 3 is 2.58 bits per heavy atom. The zero-order chi connectivity index (χ0) is 8.10. The van der Waals surface area contributed by atoms with E-state index in [2.05, 4.69) is 15.4 Å². The first-order chi connectivity index (χ1) is 5.33. The van der Waals surface area contributed by atoms with Gasteiger partial charge in [-0.1, -0.05) is 0 Å². The summed E-state index contributed by atoms with van der Waals surface area (Å²) in [5, 5.41) is 5.98. The van der Waals surface area contributed by atoms with E-state index in [-0.39, 0.29) is 18.5 Å². The van der Waals surface area contributed by atoms with Gasteiger partial charge in [0.1, 0.15) is 0 Å². The first-order valence-electron chi connectivity index (χ1n) is 3.88. The molecule has 12 heavy (non-hydrogen) atoms. The van der Waals surface area contributed by atoms with Crippen LogP contribution in [-0.4, -0.2) is 32.3 Å². The lowest BCUT2D eigenvalue weighted by Gasteiger charge is -2.22. The van der Waals surface area contributed by atoms with E-state index >= 15 is 0 Å². The lowest BCUT2D eigenvalue weighted by Crippen LogP contribution is -2.42. The number of amides is 1. The van der Waals surface area contributed by atoms with Crippen molar-refractivity contribution in [3.8, 4) is 0 Å². The molecule has 0 spiro atoms. The van der Waals surface area contributed by atoms with Crippen molar-refractivity contribution in [3.05, 3.63) is 0 Å². The number of ether oxygens (including phenoxy) is 1. The molecule has 0 saturated carbocycles. The summed E-state index contributed by atoms with van der Waals surface area (Å²) in [6.45, 7) is 1.96. The Kier molecular flexibility index (Phi) is 5.84. The van der Waals surface area contributed by atoms with Crippen molar-refractivity contribution < 1.29 is 9.53 Å². The van der Waals surface area contributed by atoms with E-state index in [9.17, 15) is 4.79 Å². The van der Waals surface area contributed by atoms with Gasteiger partial charge in [0.15, 0.2) is 0 Å². The van der Waals surface area contributed by atoms with E-state index < -0.39 is 0 Å². The van der Waals surface area contributed by atoms with Gasteiger partial charge in [0.25, 0.3) is 0 Å². The van der Waals surface area contributed by atoms with Crippen LogP contribution in [0.5, 0.6) is 0 Å². The molecule has 0 radical (unpaired) electrons. The van der Waals surface area contributed by atoms with Crippen LogP contribution in [0.25, 0.3) is 0 Å². The van der Waals surface area contributed by atoms with Gasteiger partial charge in [0.05, 0.1) is 7.11 Å². The molecular weight excluding hydrogens is 180 g/mol. The molecule has 1 aliphatic rings. The largest absolute Gasteiger partial charge is 0.453 e. The average molecular weight is 195 g/mol. The molecule has 0 aliphatic carbocycles. The second kappa shape index (κ2) is 6.08. The van der Waals surface area contributed by atoms with Crippen LogP contribution < -0.4 is 10.6 Å². The fourth-order valence-corrected chi connectivity index (χ4v) is 1.19. The Balaban J connectivity index is 0.00000121. The number of methoxy groups -OCH3 is 1. The van der Waals surface area contributed by atoms with E-state index in [1.807, 2.05) is 0 Å². The standard InChI is InChI=1S/C7H14N2O2.ClH/c1-11-7(10)9-6-2-4-8-5-3-6;/h6,8H,2-5H2,1H3,(H,9,10);1H. The molecule has 1 rings (SSSR count). The highest BCUT2D eigenvalue weighted by molar-refractivity contribution is 5.85. The fourth-order valence-electron chi connectivity index (χ4n) is 1.19. The van der Waals surface area contributed by atoms with E-state index in [4.69, 9.17) is 0 Å². The van der Waals surface area contributed by atoms with Crippen LogP contribution in [-0.2, 0) is 4.74 Å². The first kappa shape index (κ1) is 11.5. The van der Waals surface area contributed by atoms with Gasteiger partial charge in [-0.15, -0.1) is 12.4 Å². The van der Waals surface area contributed by atoms with Crippen molar-refractivity contribution in [2.24, 2.45) is 0 Å². The minimum absolute atomic E-state index is 0. The van der Waals surface area contributed by atoms with Gasteiger partial charge in [0.2, 0.25) is 0 Å². The van der Waals surface area contributed by atoms with Crippen molar-refractivity contribution >= 4 is 18.5 Å². The zero-order valence-electron chi connectivity index (χ0n) is 7.13. The molecule has 1 amide bonds. The van der Waals surface area contributed by atoms with Crippen LogP contribution in [0.3, 0.4) is 0 Å². The van der Waals surface area contributed by atoms with Gasteiger partial charge in [-0.05, 0) is 25.9 Å². The summed E-state index contributed by atoms with van der Waals surface area (Å²) in [5.41, 5.74) is 0. The van der Waals surface area contributed by atoms with Crippen LogP contribution in [0.4, 0.5) is 4.79 Å². The monoisotopic (exact) mass is 194 g/mol. The van der Waals surface area contributed by atoms with Crippen LogP contribution in [0.15, 0.2) is 0 Å². The maximum Gasteiger partial charge on any atom is 0.407 e. The number of carbonyl (C=O) groups is 1. The third-order valence-corrected chi connectivity index (χ3v) is 1.85. The maximum absolute atomic E-state index is 10.7. The van der Waals surface area contributed by atoms with Gasteiger partial charge >= 0.3 is 6.09 Å². The number of carbonyl (C=O) groups excluding carboxylic acids is 1. The molecule has 0 atom stereocenters. The molecule has 0 aromatic heterocycles. The summed E-state index contributed by atoms with van der Waals surface area (Å²) >= 11 is 0. The van der Waals surface area contributed by atoms with E-state index in [1.165, 1.54) is 7.11 Å². The Labute approximate surface area is 78.5 Å². The third kappa shape index (κ3) is 3.78. The lowest BCUT2D eigenvalue weighted by molar-refractivity contribution is 0.164. The van der Waals surface area contributed by atoms with E-state index in [0.29, 0.717) is 6.04 Å². The van der Waals surface area contributed by atoms with Crippen molar-refractivity contribution in [2.75, 3.05) is 20.2 Å². The number of hydrogen-bond acceptors (Lipinski definition) is 3. The maximum atomic E-state index is 10.7. The molecule has 5 heteroatoms. The minimum Gasteiger partial charge on any atom is -0.453 e. The number of alkyl carbamates (subject to hydrolysis) is 1. The summed E-state index contributed by atoms with van der Waals surface area (Å²) in [4.78, 5) is 10.7. The molecule has 1 fully saturated rings. The molecule has 0 aromatic carbocycles. The summed E-state index contributed by atoms with van der Waals surface area (Å²) in [6.07, 6.45) is 1.67. The molecular formula is C7H15ClN2O2. The average Bonchev–Trinajstić information content (AvgIpc) is 2.06. The second-order valence-electron chi connectivity index (χ2n) is 2.66. The Morgan fingerprint density at radius 1 is 1.50 bits per heavy atom. The highest BCUT2D eigenvalue weighted by atomic mass is 35.5. The normalized spacial score (nSPS) is 17.8. The SMILES string of the molecule is COC(=O)NC1CCNCC1.Cl. The topological polar surface area (TPSA) is 50.4 Å². The molecule has 0 unspecified atom stereocenters. The predicted molar refractivity (Wildman–Crippen MR) is 48.7 cm³/mol. The Morgan fingerprint density at radius 2 is 2.08 bits per heavy atom. The summed E-state index contributed by atoms with van der Waals surface area (Å²) in [5.74, 6) is 0. The Hall–Kier alpha value is -0.480. The number of hydrogen-bond donors (Lipinski definition) is 2. The lowest BCUT2D eigenvalue weighted by atomic mass is 10.1. The fraction of sp³-hybridized carbons (Fsp3) is 0.857. The van der Waals surface area contributed by atoms with Gasteiger partial charge in [0, 0.05) is 6.04 Å². The number of rotatable bonds is 1. The van der Waals surface area contributed by atoms with Gasteiger partial charge in [-0.25, -0.2) is 4.79 Å². The molecule has 1 saturated heterocycles. The van der Waals surface area contributed by atoms with Crippen LogP contribution in [0.1, 0.15) is 12.8 Å². The number of halogens is 1. The predicted octanol–water partition coefficient (Wildman–Crippen LogP) is 0.516. The van der Waals surface area contributed by atoms with Gasteiger partial charge in [-0.2, -0.15) is 0 Å². The molecule has 4 nitrogen and oxygen atoms in total. The minimum atomic E-state index is -0.322. The van der Waals surface area contributed by atoms with E-state index in [1.54, 1.807) is 0 Å². The van der Waals surface area contributed by atoms with Crippen molar-refractivity contribution in [2.45, 2.75) is 18.9 Å². The molecule has 2 N–H and O–H groups in total. The smallest absolute Gasteiger partial charge is 0.407 e. The van der Waals surface area contributed by atoms with Crippen molar-refractivity contribution in [1.29, 1.82) is 0 Å². The molecule has 0 aromatic rings. The van der Waals surface area contributed by atoms with Crippen molar-refractivity contribution in [3.63, 3.8) is 0 Å². The third-order valence-electron chi connectivity index (χ3n) is 1.85. The Bertz CT molecular complexity index is 137. The van der Waals surface area contributed by atoms with E-state index in [0.717, 1.165) is 25.9 Å².